The van der Waals surface area contributed by atoms with Crippen LogP contribution >= 0.6 is 0 Å². The lowest BCUT2D eigenvalue weighted by atomic mass is 9.81. The topological polar surface area (TPSA) is 9.23 Å². The Morgan fingerprint density at radius 2 is 1.73 bits per heavy atom. The summed E-state index contributed by atoms with van der Waals surface area (Å²) in [7, 11) is 1.71. The van der Waals surface area contributed by atoms with Gasteiger partial charge in [0.15, 0.2) is 0 Å². The van der Waals surface area contributed by atoms with Crippen LogP contribution in [-0.4, -0.2) is 7.11 Å². The molecule has 0 saturated carbocycles. The zero-order valence-electron chi connectivity index (χ0n) is 9.49. The molecule has 1 aromatic carbocycles. The molecule has 0 spiro atoms. The summed E-state index contributed by atoms with van der Waals surface area (Å²) >= 11 is 0. The second kappa shape index (κ2) is 4.09. The van der Waals surface area contributed by atoms with Crippen molar-refractivity contribution < 1.29 is 4.74 Å². The summed E-state index contributed by atoms with van der Waals surface area (Å²) in [5.74, 6) is 0.938. The Hall–Kier alpha value is -1.24. The van der Waals surface area contributed by atoms with Crippen molar-refractivity contribution in [1.29, 1.82) is 0 Å². The average Bonchev–Trinajstić information content (AvgIpc) is 2.66. The van der Waals surface area contributed by atoms with Gasteiger partial charge < -0.3 is 4.74 Å². The van der Waals surface area contributed by atoms with Crippen molar-refractivity contribution in [2.45, 2.75) is 26.2 Å². The Balaban J connectivity index is 2.04. The van der Waals surface area contributed by atoms with Gasteiger partial charge in [0.25, 0.3) is 0 Å². The lowest BCUT2D eigenvalue weighted by molar-refractivity contribution is 0.349. The van der Waals surface area contributed by atoms with Gasteiger partial charge in [-0.05, 0) is 42.4 Å². The number of hydrogen-bond donors (Lipinski definition) is 0. The summed E-state index contributed by atoms with van der Waals surface area (Å²) in [5.41, 5.74) is 1.84. The van der Waals surface area contributed by atoms with Gasteiger partial charge in [0.2, 0.25) is 0 Å². The number of methoxy groups -OCH3 is 1. The Morgan fingerprint density at radius 3 is 2.27 bits per heavy atom. The second-order valence-electron chi connectivity index (χ2n) is 4.72. The average molecular weight is 202 g/mol. The molecule has 0 amide bonds. The van der Waals surface area contributed by atoms with Crippen LogP contribution in [0.5, 0.6) is 5.75 Å². The van der Waals surface area contributed by atoms with Crippen LogP contribution in [0.1, 0.15) is 25.3 Å². The third-order valence-electron chi connectivity index (χ3n) is 3.18. The fourth-order valence-corrected chi connectivity index (χ4v) is 2.20. The third-order valence-corrected chi connectivity index (χ3v) is 3.18. The highest BCUT2D eigenvalue weighted by Gasteiger charge is 2.25. The first-order valence-corrected chi connectivity index (χ1v) is 5.50. The molecule has 0 aliphatic heterocycles. The maximum Gasteiger partial charge on any atom is 0.118 e. The van der Waals surface area contributed by atoms with Crippen LogP contribution in [0.15, 0.2) is 36.4 Å². The van der Waals surface area contributed by atoms with Gasteiger partial charge in [0, 0.05) is 0 Å². The molecule has 1 aliphatic rings. The summed E-state index contributed by atoms with van der Waals surface area (Å²) < 4.78 is 5.15. The van der Waals surface area contributed by atoms with E-state index >= 15 is 0 Å². The monoisotopic (exact) mass is 202 g/mol. The van der Waals surface area contributed by atoms with E-state index in [0.29, 0.717) is 5.41 Å². The van der Waals surface area contributed by atoms with Gasteiger partial charge in [-0.2, -0.15) is 0 Å². The van der Waals surface area contributed by atoms with E-state index in [0.717, 1.165) is 12.2 Å². The van der Waals surface area contributed by atoms with Gasteiger partial charge in [0.05, 0.1) is 7.11 Å². The van der Waals surface area contributed by atoms with E-state index in [1.54, 1.807) is 7.11 Å². The quantitative estimate of drug-likeness (QED) is 0.680. The maximum absolute atomic E-state index is 5.15. The molecule has 15 heavy (non-hydrogen) atoms. The van der Waals surface area contributed by atoms with Crippen molar-refractivity contribution in [2.24, 2.45) is 5.41 Å². The van der Waals surface area contributed by atoms with Crippen LogP contribution in [0.4, 0.5) is 0 Å². The summed E-state index contributed by atoms with van der Waals surface area (Å²) in [4.78, 5) is 0. The van der Waals surface area contributed by atoms with Gasteiger partial charge in [-0.15, -0.1) is 0 Å². The van der Waals surface area contributed by atoms with Gasteiger partial charge >= 0.3 is 0 Å². The predicted octanol–water partition coefficient (Wildman–Crippen LogP) is 3.59. The van der Waals surface area contributed by atoms with Crippen LogP contribution < -0.4 is 4.74 Å². The predicted molar refractivity (Wildman–Crippen MR) is 63.2 cm³/mol. The summed E-state index contributed by atoms with van der Waals surface area (Å²) in [6.45, 7) is 2.36. The summed E-state index contributed by atoms with van der Waals surface area (Å²) in [6, 6.07) is 8.42. The molecule has 0 bridgehead atoms. The number of rotatable bonds is 3. The molecule has 80 valence electrons. The Kier molecular flexibility index (Phi) is 2.81. The summed E-state index contributed by atoms with van der Waals surface area (Å²) in [6.07, 6.45) is 8.16. The molecule has 0 radical (unpaired) electrons. The molecule has 1 aromatic rings. The number of hydrogen-bond acceptors (Lipinski definition) is 1. The van der Waals surface area contributed by atoms with Gasteiger partial charge in [-0.3, -0.25) is 0 Å². The summed E-state index contributed by atoms with van der Waals surface area (Å²) in [5, 5.41) is 0. The zero-order valence-corrected chi connectivity index (χ0v) is 9.49. The minimum atomic E-state index is 0.439. The van der Waals surface area contributed by atoms with Crippen molar-refractivity contribution in [3.05, 3.63) is 42.0 Å². The normalized spacial score (nSPS) is 18.0. The van der Waals surface area contributed by atoms with E-state index in [1.807, 2.05) is 12.1 Å². The SMILES string of the molecule is COc1ccc(CC2(C)CC=CC2)cc1. The molecule has 0 unspecified atom stereocenters. The molecule has 2 rings (SSSR count). The molecule has 0 aromatic heterocycles. The van der Waals surface area contributed by atoms with Crippen molar-refractivity contribution in [3.8, 4) is 5.75 Å². The van der Waals surface area contributed by atoms with Crippen LogP contribution in [-0.2, 0) is 6.42 Å². The highest BCUT2D eigenvalue weighted by atomic mass is 16.5. The van der Waals surface area contributed by atoms with Gasteiger partial charge in [0.1, 0.15) is 5.75 Å². The number of benzene rings is 1. The maximum atomic E-state index is 5.15. The molecule has 0 heterocycles. The van der Waals surface area contributed by atoms with Crippen LogP contribution in [0, 0.1) is 5.41 Å². The van der Waals surface area contributed by atoms with E-state index in [9.17, 15) is 0 Å². The van der Waals surface area contributed by atoms with Crippen LogP contribution in [0.25, 0.3) is 0 Å². The Labute approximate surface area is 91.8 Å². The molecule has 1 aliphatic carbocycles. The minimum absolute atomic E-state index is 0.439. The Bertz CT molecular complexity index is 340. The fourth-order valence-electron chi connectivity index (χ4n) is 2.20. The smallest absolute Gasteiger partial charge is 0.118 e. The largest absolute Gasteiger partial charge is 0.497 e. The fraction of sp³-hybridized carbons (Fsp3) is 0.429. The highest BCUT2D eigenvalue weighted by Crippen LogP contribution is 2.36. The van der Waals surface area contributed by atoms with Crippen molar-refractivity contribution in [2.75, 3.05) is 7.11 Å². The molecule has 0 atom stereocenters. The zero-order chi connectivity index (χ0) is 10.7. The van der Waals surface area contributed by atoms with Crippen LogP contribution in [0.3, 0.4) is 0 Å². The van der Waals surface area contributed by atoms with Gasteiger partial charge in [-0.1, -0.05) is 31.2 Å². The van der Waals surface area contributed by atoms with E-state index in [1.165, 1.54) is 18.4 Å². The lowest BCUT2D eigenvalue weighted by Crippen LogP contribution is -2.14. The van der Waals surface area contributed by atoms with Crippen molar-refractivity contribution in [3.63, 3.8) is 0 Å². The molecular weight excluding hydrogens is 184 g/mol. The highest BCUT2D eigenvalue weighted by molar-refractivity contribution is 5.28. The van der Waals surface area contributed by atoms with E-state index in [2.05, 4.69) is 31.2 Å². The first-order chi connectivity index (χ1) is 7.22. The second-order valence-corrected chi connectivity index (χ2v) is 4.72. The molecule has 1 nitrogen and oxygen atoms in total. The first kappa shape index (κ1) is 10.3. The van der Waals surface area contributed by atoms with Gasteiger partial charge in [-0.25, -0.2) is 0 Å². The van der Waals surface area contributed by atoms with Crippen molar-refractivity contribution >= 4 is 0 Å². The minimum Gasteiger partial charge on any atom is -0.497 e. The van der Waals surface area contributed by atoms with Crippen LogP contribution in [0.2, 0.25) is 0 Å². The van der Waals surface area contributed by atoms with E-state index in [-0.39, 0.29) is 0 Å². The Morgan fingerprint density at radius 1 is 1.13 bits per heavy atom. The first-order valence-electron chi connectivity index (χ1n) is 5.50. The van der Waals surface area contributed by atoms with E-state index in [4.69, 9.17) is 4.74 Å². The molecule has 1 heteroatoms. The standard InChI is InChI=1S/C14H18O/c1-14(9-3-4-10-14)11-12-5-7-13(15-2)8-6-12/h3-8H,9-11H2,1-2H3. The number of ether oxygens (including phenoxy) is 1. The van der Waals surface area contributed by atoms with E-state index < -0.39 is 0 Å². The molecule has 0 saturated heterocycles. The lowest BCUT2D eigenvalue weighted by Gasteiger charge is -2.23. The number of allylic oxidation sites excluding steroid dienone is 2. The third kappa shape index (κ3) is 2.41. The molecule has 0 fully saturated rings. The molecule has 0 N–H and O–H groups in total. The molecular formula is C14H18O. The van der Waals surface area contributed by atoms with Crippen molar-refractivity contribution in [1.82, 2.24) is 0 Å².